The van der Waals surface area contributed by atoms with E-state index >= 15 is 0 Å². The van der Waals surface area contributed by atoms with E-state index in [1.54, 1.807) is 24.3 Å². The maximum Gasteiger partial charge on any atom is 0.343 e. The highest BCUT2D eigenvalue weighted by Gasteiger charge is 2.34. The van der Waals surface area contributed by atoms with Crippen LogP contribution in [0.1, 0.15) is 29.5 Å². The van der Waals surface area contributed by atoms with Crippen molar-refractivity contribution in [2.75, 3.05) is 13.6 Å². The van der Waals surface area contributed by atoms with Crippen molar-refractivity contribution in [2.24, 2.45) is 5.92 Å². The van der Waals surface area contributed by atoms with Gasteiger partial charge in [-0.3, -0.25) is 4.79 Å². The van der Waals surface area contributed by atoms with Gasteiger partial charge in [-0.15, -0.1) is 0 Å². The van der Waals surface area contributed by atoms with Gasteiger partial charge in [-0.1, -0.05) is 72.8 Å². The summed E-state index contributed by atoms with van der Waals surface area (Å²) in [5.74, 6) is -1.40. The van der Waals surface area contributed by atoms with Gasteiger partial charge in [0.15, 0.2) is 0 Å². The summed E-state index contributed by atoms with van der Waals surface area (Å²) in [5, 5.41) is 11.6. The number of nitrogens with zero attached hydrogens (tertiary/aromatic N) is 1. The van der Waals surface area contributed by atoms with Crippen LogP contribution < -0.4 is 5.63 Å². The minimum Gasteiger partial charge on any atom is -0.507 e. The first kappa shape index (κ1) is 22.5. The van der Waals surface area contributed by atoms with Crippen LogP contribution >= 0.6 is 0 Å². The SMILES string of the molecule is CC(=O)[C@H](CN(C)Cc1ccccc1)[C@@H](c1ccccc1)c1c(O)c2ccccc2oc1=O. The van der Waals surface area contributed by atoms with Gasteiger partial charge in [0.1, 0.15) is 17.1 Å². The lowest BCUT2D eigenvalue weighted by molar-refractivity contribution is -0.121. The van der Waals surface area contributed by atoms with Gasteiger partial charge >= 0.3 is 5.63 Å². The van der Waals surface area contributed by atoms with Crippen LogP contribution in [0.15, 0.2) is 94.1 Å². The molecule has 5 nitrogen and oxygen atoms in total. The molecule has 1 N–H and O–H groups in total. The molecule has 5 heteroatoms. The summed E-state index contributed by atoms with van der Waals surface area (Å²) in [6, 6.07) is 26.3. The number of Topliss-reactive ketones (excluding diaryl/α,β-unsaturated/α-hetero) is 1. The summed E-state index contributed by atoms with van der Waals surface area (Å²) in [4.78, 5) is 28.2. The largest absolute Gasteiger partial charge is 0.507 e. The first-order chi connectivity index (χ1) is 16.0. The number of hydrogen-bond donors (Lipinski definition) is 1. The molecule has 3 aromatic carbocycles. The topological polar surface area (TPSA) is 70.8 Å². The van der Waals surface area contributed by atoms with Gasteiger partial charge in [-0.2, -0.15) is 0 Å². The molecule has 2 atom stereocenters. The first-order valence-electron chi connectivity index (χ1n) is 11.0. The van der Waals surface area contributed by atoms with Crippen molar-refractivity contribution in [1.82, 2.24) is 4.90 Å². The zero-order valence-corrected chi connectivity index (χ0v) is 18.8. The molecule has 0 radical (unpaired) electrons. The Morgan fingerprint density at radius 3 is 2.21 bits per heavy atom. The van der Waals surface area contributed by atoms with Crippen molar-refractivity contribution in [3.8, 4) is 5.75 Å². The zero-order chi connectivity index (χ0) is 23.4. The molecule has 0 aliphatic rings. The zero-order valence-electron chi connectivity index (χ0n) is 18.8. The number of ketones is 1. The fraction of sp³-hybridized carbons (Fsp3) is 0.214. The molecular weight excluding hydrogens is 414 g/mol. The highest BCUT2D eigenvalue weighted by molar-refractivity contribution is 5.86. The highest BCUT2D eigenvalue weighted by atomic mass is 16.4. The molecular formula is C28H27NO4. The second-order valence-corrected chi connectivity index (χ2v) is 8.44. The summed E-state index contributed by atoms with van der Waals surface area (Å²) in [5.41, 5.74) is 1.72. The third-order valence-electron chi connectivity index (χ3n) is 6.02. The molecule has 33 heavy (non-hydrogen) atoms. The van der Waals surface area contributed by atoms with Crippen molar-refractivity contribution in [3.05, 3.63) is 112 Å². The fourth-order valence-corrected chi connectivity index (χ4v) is 4.45. The second kappa shape index (κ2) is 9.84. The molecule has 4 aromatic rings. The summed E-state index contributed by atoms with van der Waals surface area (Å²) in [6.07, 6.45) is 0. The van der Waals surface area contributed by atoms with E-state index < -0.39 is 17.5 Å². The van der Waals surface area contributed by atoms with E-state index in [4.69, 9.17) is 4.42 Å². The number of rotatable bonds is 8. The van der Waals surface area contributed by atoms with Crippen LogP contribution in [0.25, 0.3) is 11.0 Å². The van der Waals surface area contributed by atoms with Crippen LogP contribution in [-0.2, 0) is 11.3 Å². The Balaban J connectivity index is 1.81. The number of para-hydroxylation sites is 1. The lowest BCUT2D eigenvalue weighted by Gasteiger charge is -2.30. The number of carbonyl (C=O) groups is 1. The third kappa shape index (κ3) is 4.89. The van der Waals surface area contributed by atoms with E-state index in [1.807, 2.05) is 67.7 Å². The molecule has 4 rings (SSSR count). The van der Waals surface area contributed by atoms with Gasteiger partial charge in [0, 0.05) is 24.9 Å². The Morgan fingerprint density at radius 2 is 1.55 bits per heavy atom. The van der Waals surface area contributed by atoms with Crippen molar-refractivity contribution >= 4 is 16.8 Å². The summed E-state index contributed by atoms with van der Waals surface area (Å²) < 4.78 is 5.57. The van der Waals surface area contributed by atoms with Gasteiger partial charge in [-0.25, -0.2) is 4.79 Å². The smallest absolute Gasteiger partial charge is 0.343 e. The summed E-state index contributed by atoms with van der Waals surface area (Å²) in [7, 11) is 1.95. The maximum absolute atomic E-state index is 13.1. The van der Waals surface area contributed by atoms with Crippen LogP contribution in [0.4, 0.5) is 0 Å². The van der Waals surface area contributed by atoms with E-state index in [-0.39, 0.29) is 17.1 Å². The molecule has 0 unspecified atom stereocenters. The van der Waals surface area contributed by atoms with Crippen molar-refractivity contribution in [1.29, 1.82) is 0 Å². The lowest BCUT2D eigenvalue weighted by Crippen LogP contribution is -2.35. The van der Waals surface area contributed by atoms with Gasteiger partial charge in [0.2, 0.25) is 0 Å². The maximum atomic E-state index is 13.1. The quantitative estimate of drug-likeness (QED) is 0.391. The molecule has 168 valence electrons. The third-order valence-corrected chi connectivity index (χ3v) is 6.02. The van der Waals surface area contributed by atoms with Gasteiger partial charge < -0.3 is 14.4 Å². The number of carbonyl (C=O) groups excluding carboxylic acids is 1. The summed E-state index contributed by atoms with van der Waals surface area (Å²) >= 11 is 0. The molecule has 0 bridgehead atoms. The van der Waals surface area contributed by atoms with Crippen LogP contribution in [0.2, 0.25) is 0 Å². The van der Waals surface area contributed by atoms with E-state index in [0.717, 1.165) is 11.1 Å². The average Bonchev–Trinajstić information content (AvgIpc) is 2.81. The molecule has 1 heterocycles. The van der Waals surface area contributed by atoms with Gasteiger partial charge in [0.25, 0.3) is 0 Å². The van der Waals surface area contributed by atoms with Crippen molar-refractivity contribution in [2.45, 2.75) is 19.4 Å². The molecule has 1 aromatic heterocycles. The van der Waals surface area contributed by atoms with E-state index in [1.165, 1.54) is 6.92 Å². The lowest BCUT2D eigenvalue weighted by atomic mass is 9.78. The van der Waals surface area contributed by atoms with Crippen LogP contribution in [0.5, 0.6) is 5.75 Å². The first-order valence-corrected chi connectivity index (χ1v) is 11.0. The van der Waals surface area contributed by atoms with Crippen molar-refractivity contribution in [3.63, 3.8) is 0 Å². The molecule has 0 fully saturated rings. The van der Waals surface area contributed by atoms with Gasteiger partial charge in [0.05, 0.1) is 10.9 Å². The Kier molecular flexibility index (Phi) is 6.71. The predicted octanol–water partition coefficient (Wildman–Crippen LogP) is 4.97. The Bertz CT molecular complexity index is 1300. The van der Waals surface area contributed by atoms with Crippen LogP contribution in [0.3, 0.4) is 0 Å². The number of aromatic hydroxyl groups is 1. The van der Waals surface area contributed by atoms with E-state index in [2.05, 4.69) is 4.90 Å². The number of fused-ring (bicyclic) bond motifs is 1. The number of benzene rings is 3. The molecule has 0 aliphatic heterocycles. The minimum absolute atomic E-state index is 0.0595. The molecule has 0 saturated carbocycles. The monoisotopic (exact) mass is 441 g/mol. The second-order valence-electron chi connectivity index (χ2n) is 8.44. The fourth-order valence-electron chi connectivity index (χ4n) is 4.45. The molecule has 0 aliphatic carbocycles. The Morgan fingerprint density at radius 1 is 0.939 bits per heavy atom. The Hall–Kier alpha value is -3.70. The normalized spacial score (nSPS) is 13.2. The summed E-state index contributed by atoms with van der Waals surface area (Å²) in [6.45, 7) is 2.61. The van der Waals surface area contributed by atoms with Crippen molar-refractivity contribution < 1.29 is 14.3 Å². The molecule has 0 amide bonds. The van der Waals surface area contributed by atoms with Crippen LogP contribution in [-0.4, -0.2) is 29.4 Å². The molecule has 0 spiro atoms. The van der Waals surface area contributed by atoms with Gasteiger partial charge in [-0.05, 0) is 37.2 Å². The number of hydrogen-bond acceptors (Lipinski definition) is 5. The molecule has 0 saturated heterocycles. The Labute approximate surface area is 192 Å². The van der Waals surface area contributed by atoms with E-state index in [0.29, 0.717) is 24.1 Å². The highest BCUT2D eigenvalue weighted by Crippen LogP contribution is 2.39. The minimum atomic E-state index is -0.650. The van der Waals surface area contributed by atoms with Crippen LogP contribution in [0, 0.1) is 5.92 Å². The van der Waals surface area contributed by atoms with E-state index in [9.17, 15) is 14.7 Å². The average molecular weight is 442 g/mol. The standard InChI is InChI=1S/C28H27NO4/c1-19(30)23(18-29(2)17-20-11-5-3-6-12-20)25(21-13-7-4-8-14-21)26-27(31)22-15-9-10-16-24(22)33-28(26)32/h3-16,23,25,31H,17-18H2,1-2H3/t23-,25+/m0/s1. The predicted molar refractivity (Wildman–Crippen MR) is 129 cm³/mol.